The van der Waals surface area contributed by atoms with Crippen LogP contribution in [0.25, 0.3) is 5.32 Å². The van der Waals surface area contributed by atoms with Crippen molar-refractivity contribution in [2.24, 2.45) is 0 Å². The number of hydrogen-bond donors (Lipinski definition) is 3. The molecule has 4 fully saturated rings. The number of piperidine rings is 2. The van der Waals surface area contributed by atoms with Crippen molar-refractivity contribution in [2.45, 2.75) is 86.7 Å². The van der Waals surface area contributed by atoms with Gasteiger partial charge in [-0.25, -0.2) is 19.9 Å². The van der Waals surface area contributed by atoms with Gasteiger partial charge < -0.3 is 20.8 Å². The van der Waals surface area contributed by atoms with Crippen LogP contribution in [-0.4, -0.2) is 54.3 Å². The molecule has 0 aliphatic carbocycles. The van der Waals surface area contributed by atoms with E-state index in [0.29, 0.717) is 48.7 Å². The van der Waals surface area contributed by atoms with Gasteiger partial charge in [0.1, 0.15) is 11.2 Å². The van der Waals surface area contributed by atoms with Crippen molar-refractivity contribution in [3.8, 4) is 0 Å². The fourth-order valence-corrected chi connectivity index (χ4v) is 5.57. The smallest absolute Gasteiger partial charge is 0.657 e. The van der Waals surface area contributed by atoms with Crippen LogP contribution in [0.4, 0.5) is 0 Å². The normalized spacial score (nSPS) is 38.0. The van der Waals surface area contributed by atoms with Crippen LogP contribution in [0.1, 0.15) is 63.0 Å². The second-order valence-electron chi connectivity index (χ2n) is 9.20. The van der Waals surface area contributed by atoms with Crippen LogP contribution in [-0.2, 0) is 11.2 Å². The van der Waals surface area contributed by atoms with E-state index in [1.165, 1.54) is 12.8 Å². The average molecular weight is 495 g/mol. The molecule has 8 nitrogen and oxygen atoms in total. The van der Waals surface area contributed by atoms with Gasteiger partial charge in [-0.05, 0) is 50.7 Å². The quantitative estimate of drug-likeness (QED) is 0.487. The number of rotatable bonds is 2. The summed E-state index contributed by atoms with van der Waals surface area (Å²) in [6, 6.07) is 5.07. The maximum absolute atomic E-state index is 10.6. The molecule has 4 bridgehead atoms. The molecule has 6 heterocycles. The van der Waals surface area contributed by atoms with Crippen molar-refractivity contribution in [3.05, 3.63) is 53.9 Å². The van der Waals surface area contributed by atoms with Crippen molar-refractivity contribution >= 4 is 0 Å². The molecule has 0 amide bonds. The molecule has 4 saturated heterocycles. The first-order valence-corrected chi connectivity index (χ1v) is 11.0. The minimum Gasteiger partial charge on any atom is -0.657 e. The number of aliphatic hydroxyl groups is 2. The Balaban J connectivity index is 0.000000144. The predicted octanol–water partition coefficient (Wildman–Crippen LogP) is -1.05. The Morgan fingerprint density at radius 2 is 1.13 bits per heavy atom. The molecule has 4 aliphatic rings. The van der Waals surface area contributed by atoms with E-state index >= 15 is 0 Å². The second kappa shape index (κ2) is 9.97. The van der Waals surface area contributed by atoms with Crippen LogP contribution in [0, 0.1) is 0 Å². The van der Waals surface area contributed by atoms with Crippen LogP contribution < -0.4 is 63.5 Å². The summed E-state index contributed by atoms with van der Waals surface area (Å²) in [7, 11) is 0. The molecule has 4 aliphatic heterocycles. The molecule has 0 saturated carbocycles. The van der Waals surface area contributed by atoms with Crippen LogP contribution in [0.2, 0.25) is 0 Å². The van der Waals surface area contributed by atoms with Crippen molar-refractivity contribution < 1.29 is 68.4 Å². The topological polar surface area (TPSA) is 118 Å². The molecular formula is C22H29N6O2Rb. The van der Waals surface area contributed by atoms with Gasteiger partial charge in [0.2, 0.25) is 0 Å². The monoisotopic (exact) mass is 494 g/mol. The molecule has 2 aromatic rings. The summed E-state index contributed by atoms with van der Waals surface area (Å²) in [6.45, 7) is 0. The third-order valence-corrected chi connectivity index (χ3v) is 6.87. The second-order valence-corrected chi connectivity index (χ2v) is 9.20. The Labute approximate surface area is 231 Å². The van der Waals surface area contributed by atoms with Gasteiger partial charge >= 0.3 is 58.2 Å². The van der Waals surface area contributed by atoms with Crippen molar-refractivity contribution in [1.29, 1.82) is 0 Å². The zero-order chi connectivity index (χ0) is 20.6. The van der Waals surface area contributed by atoms with Gasteiger partial charge in [0.15, 0.2) is 11.6 Å². The van der Waals surface area contributed by atoms with E-state index in [1.807, 2.05) is 0 Å². The van der Waals surface area contributed by atoms with E-state index in [2.05, 4.69) is 30.6 Å². The zero-order valence-electron chi connectivity index (χ0n) is 18.1. The number of nitrogens with zero attached hydrogens (tertiary/aromatic N) is 5. The summed E-state index contributed by atoms with van der Waals surface area (Å²) in [4.78, 5) is 16.7. The SMILES string of the molecule is OC1(c2ncccn2)CC2CCC(C1)N2.OC1(c2ncccn2)CC2CCC(C1)[N-]2.[Rb+]. The Kier molecular flexibility index (Phi) is 7.70. The Morgan fingerprint density at radius 1 is 0.710 bits per heavy atom. The van der Waals surface area contributed by atoms with Gasteiger partial charge in [0.05, 0.1) is 0 Å². The van der Waals surface area contributed by atoms with E-state index < -0.39 is 11.2 Å². The van der Waals surface area contributed by atoms with Crippen molar-refractivity contribution in [3.63, 3.8) is 0 Å². The van der Waals surface area contributed by atoms with E-state index in [-0.39, 0.29) is 58.2 Å². The minimum absolute atomic E-state index is 0. The third-order valence-electron chi connectivity index (χ3n) is 6.87. The maximum Gasteiger partial charge on any atom is 1.00 e. The van der Waals surface area contributed by atoms with Crippen LogP contribution in [0.5, 0.6) is 0 Å². The molecule has 31 heavy (non-hydrogen) atoms. The number of fused-ring (bicyclic) bond motifs is 4. The molecule has 4 unspecified atom stereocenters. The van der Waals surface area contributed by atoms with E-state index in [1.54, 1.807) is 36.9 Å². The zero-order valence-corrected chi connectivity index (χ0v) is 23.0. The summed E-state index contributed by atoms with van der Waals surface area (Å²) in [5.74, 6) is 1.15. The minimum atomic E-state index is -0.838. The molecule has 0 aromatic carbocycles. The summed E-state index contributed by atoms with van der Waals surface area (Å²) >= 11 is 0. The van der Waals surface area contributed by atoms with Crippen LogP contribution in [0.3, 0.4) is 0 Å². The third kappa shape index (κ3) is 5.32. The van der Waals surface area contributed by atoms with Gasteiger partial charge in [0.25, 0.3) is 0 Å². The molecule has 2 aromatic heterocycles. The van der Waals surface area contributed by atoms with Crippen LogP contribution >= 0.6 is 0 Å². The Hall–Kier alpha value is -0.195. The summed E-state index contributed by atoms with van der Waals surface area (Å²) in [6.07, 6.45) is 14.2. The van der Waals surface area contributed by atoms with Gasteiger partial charge in [-0.15, -0.1) is 12.1 Å². The van der Waals surface area contributed by atoms with E-state index in [0.717, 1.165) is 25.7 Å². The molecule has 6 rings (SSSR count). The number of nitrogens with one attached hydrogen (secondary N) is 1. The van der Waals surface area contributed by atoms with Gasteiger partial charge in [-0.3, -0.25) is 0 Å². The Morgan fingerprint density at radius 3 is 1.58 bits per heavy atom. The van der Waals surface area contributed by atoms with Crippen molar-refractivity contribution in [2.75, 3.05) is 0 Å². The fraction of sp³-hybridized carbons (Fsp3) is 0.636. The molecular weight excluding hydrogens is 466 g/mol. The summed E-state index contributed by atoms with van der Waals surface area (Å²) < 4.78 is 0. The molecule has 4 atom stereocenters. The summed E-state index contributed by atoms with van der Waals surface area (Å²) in [5, 5.41) is 29.2. The van der Waals surface area contributed by atoms with Gasteiger partial charge in [0, 0.05) is 36.9 Å². The summed E-state index contributed by atoms with van der Waals surface area (Å²) in [5.41, 5.74) is -1.65. The Bertz CT molecular complexity index is 762. The number of hydrogen-bond acceptors (Lipinski definition) is 7. The van der Waals surface area contributed by atoms with E-state index in [4.69, 9.17) is 0 Å². The molecule has 3 N–H and O–H groups in total. The van der Waals surface area contributed by atoms with Gasteiger partial charge in [-0.2, -0.15) is 0 Å². The standard InChI is InChI=1S/C11H15N3O.C11H14N3O.Rb/c2*15-11(10-12-4-1-5-13-10)6-8-2-3-9(7-11)14-8;/h1,4-5,8-9,14-15H,2-3,6-7H2;1,4-5,8-9,15H,2-3,6-7H2;/q;-1;+1. The van der Waals surface area contributed by atoms with Crippen molar-refractivity contribution in [1.82, 2.24) is 25.3 Å². The largest absolute Gasteiger partial charge is 1.00 e. The van der Waals surface area contributed by atoms with E-state index in [9.17, 15) is 10.2 Å². The number of aromatic nitrogens is 4. The first kappa shape index (κ1) is 23.9. The van der Waals surface area contributed by atoms with Gasteiger partial charge in [-0.1, -0.05) is 12.8 Å². The molecule has 9 heteroatoms. The molecule has 0 radical (unpaired) electrons. The average Bonchev–Trinajstić information content (AvgIpc) is 3.30. The first-order valence-electron chi connectivity index (χ1n) is 11.0. The first-order chi connectivity index (χ1) is 14.5. The fourth-order valence-electron chi connectivity index (χ4n) is 5.57. The molecule has 0 spiro atoms. The predicted molar refractivity (Wildman–Crippen MR) is 110 cm³/mol. The maximum atomic E-state index is 10.6. The molecule has 160 valence electrons. The van der Waals surface area contributed by atoms with Crippen LogP contribution in [0.15, 0.2) is 36.9 Å².